The molecule has 0 aliphatic rings. The molecule has 0 saturated carbocycles. The van der Waals surface area contributed by atoms with Gasteiger partial charge >= 0.3 is 0 Å². The third-order valence-electron chi connectivity index (χ3n) is 3.77. The third-order valence-corrected chi connectivity index (χ3v) is 4.46. The molecule has 0 saturated heterocycles. The number of aryl methyl sites for hydroxylation is 1. The van der Waals surface area contributed by atoms with E-state index in [-0.39, 0.29) is 6.04 Å². The lowest BCUT2D eigenvalue weighted by atomic mass is 10.0. The number of hydrogen-bond donors (Lipinski definition) is 1. The van der Waals surface area contributed by atoms with Gasteiger partial charge in [-0.05, 0) is 69.9 Å². The number of nitrogens with one attached hydrogen (secondary N) is 1. The summed E-state index contributed by atoms with van der Waals surface area (Å²) in [4.78, 5) is 0. The standard InChI is InChI=1S/C19H18BrN/c1-13-7-10-18(20)19(11-13)21-14(2)16-9-8-15-5-3-4-6-17(15)12-16/h3-12,14,21H,1-2H3. The van der Waals surface area contributed by atoms with E-state index in [9.17, 15) is 0 Å². The van der Waals surface area contributed by atoms with E-state index in [2.05, 4.69) is 95.8 Å². The molecule has 3 aromatic rings. The van der Waals surface area contributed by atoms with Crippen molar-refractivity contribution in [3.05, 3.63) is 76.3 Å². The molecule has 0 amide bonds. The second kappa shape index (κ2) is 5.90. The Kier molecular flexibility index (Phi) is 3.98. The zero-order chi connectivity index (χ0) is 14.8. The summed E-state index contributed by atoms with van der Waals surface area (Å²) in [6.07, 6.45) is 0. The highest BCUT2D eigenvalue weighted by Crippen LogP contribution is 2.28. The molecule has 3 aromatic carbocycles. The summed E-state index contributed by atoms with van der Waals surface area (Å²) < 4.78 is 1.10. The summed E-state index contributed by atoms with van der Waals surface area (Å²) >= 11 is 3.61. The predicted octanol–water partition coefficient (Wildman–Crippen LogP) is 6.08. The van der Waals surface area contributed by atoms with Crippen LogP contribution in [0, 0.1) is 6.92 Å². The topological polar surface area (TPSA) is 12.0 Å². The Labute approximate surface area is 134 Å². The van der Waals surface area contributed by atoms with Gasteiger partial charge in [0.1, 0.15) is 0 Å². The molecule has 21 heavy (non-hydrogen) atoms. The molecule has 1 atom stereocenters. The van der Waals surface area contributed by atoms with Crippen LogP contribution in [0.4, 0.5) is 5.69 Å². The largest absolute Gasteiger partial charge is 0.378 e. The molecule has 0 bridgehead atoms. The van der Waals surface area contributed by atoms with Gasteiger partial charge in [0.2, 0.25) is 0 Å². The highest BCUT2D eigenvalue weighted by molar-refractivity contribution is 9.10. The van der Waals surface area contributed by atoms with Crippen molar-refractivity contribution in [1.29, 1.82) is 0 Å². The van der Waals surface area contributed by atoms with Crippen LogP contribution in [0.5, 0.6) is 0 Å². The van der Waals surface area contributed by atoms with E-state index in [0.717, 1.165) is 10.2 Å². The molecule has 3 rings (SSSR count). The lowest BCUT2D eigenvalue weighted by Crippen LogP contribution is -2.07. The molecular formula is C19H18BrN. The van der Waals surface area contributed by atoms with Gasteiger partial charge in [0.25, 0.3) is 0 Å². The Hall–Kier alpha value is -1.80. The number of fused-ring (bicyclic) bond motifs is 1. The Balaban J connectivity index is 1.89. The fourth-order valence-corrected chi connectivity index (χ4v) is 2.90. The lowest BCUT2D eigenvalue weighted by Gasteiger charge is -2.18. The summed E-state index contributed by atoms with van der Waals surface area (Å²) in [6.45, 7) is 4.30. The average molecular weight is 340 g/mol. The molecule has 0 aliphatic carbocycles. The van der Waals surface area contributed by atoms with Crippen LogP contribution in [0.1, 0.15) is 24.1 Å². The second-order valence-corrected chi connectivity index (χ2v) is 6.31. The van der Waals surface area contributed by atoms with E-state index >= 15 is 0 Å². The van der Waals surface area contributed by atoms with Crippen molar-refractivity contribution in [2.24, 2.45) is 0 Å². The Morgan fingerprint density at radius 3 is 2.48 bits per heavy atom. The van der Waals surface area contributed by atoms with Gasteiger partial charge in [-0.15, -0.1) is 0 Å². The molecule has 2 heteroatoms. The molecule has 106 valence electrons. The fraction of sp³-hybridized carbons (Fsp3) is 0.158. The monoisotopic (exact) mass is 339 g/mol. The van der Waals surface area contributed by atoms with Gasteiger partial charge in [0, 0.05) is 16.2 Å². The molecule has 0 fully saturated rings. The number of rotatable bonds is 3. The van der Waals surface area contributed by atoms with E-state index in [1.807, 2.05) is 0 Å². The van der Waals surface area contributed by atoms with Crippen molar-refractivity contribution in [2.45, 2.75) is 19.9 Å². The molecular weight excluding hydrogens is 322 g/mol. The molecule has 0 aromatic heterocycles. The van der Waals surface area contributed by atoms with E-state index in [1.54, 1.807) is 0 Å². The molecule has 1 N–H and O–H groups in total. The van der Waals surface area contributed by atoms with Crippen molar-refractivity contribution >= 4 is 32.4 Å². The van der Waals surface area contributed by atoms with Crippen LogP contribution in [0.2, 0.25) is 0 Å². The maximum Gasteiger partial charge on any atom is 0.0491 e. The summed E-state index contributed by atoms with van der Waals surface area (Å²) in [7, 11) is 0. The quantitative estimate of drug-likeness (QED) is 0.609. The van der Waals surface area contributed by atoms with Gasteiger partial charge in [-0.25, -0.2) is 0 Å². The minimum Gasteiger partial charge on any atom is -0.378 e. The maximum atomic E-state index is 3.61. The van der Waals surface area contributed by atoms with Gasteiger partial charge in [0.15, 0.2) is 0 Å². The first-order valence-corrected chi connectivity index (χ1v) is 7.94. The minimum absolute atomic E-state index is 0.257. The van der Waals surface area contributed by atoms with Gasteiger partial charge in [-0.1, -0.05) is 42.5 Å². The van der Waals surface area contributed by atoms with Crippen molar-refractivity contribution in [3.8, 4) is 0 Å². The Morgan fingerprint density at radius 1 is 0.905 bits per heavy atom. The number of anilines is 1. The lowest BCUT2D eigenvalue weighted by molar-refractivity contribution is 0.885. The average Bonchev–Trinajstić information content (AvgIpc) is 2.50. The first-order chi connectivity index (χ1) is 10.1. The van der Waals surface area contributed by atoms with Crippen molar-refractivity contribution < 1.29 is 0 Å². The van der Waals surface area contributed by atoms with E-state index in [0.29, 0.717) is 0 Å². The summed E-state index contributed by atoms with van der Waals surface area (Å²) in [5, 5.41) is 6.15. The van der Waals surface area contributed by atoms with Crippen LogP contribution in [0.3, 0.4) is 0 Å². The second-order valence-electron chi connectivity index (χ2n) is 5.46. The summed E-state index contributed by atoms with van der Waals surface area (Å²) in [6, 6.07) is 21.7. The van der Waals surface area contributed by atoms with Crippen molar-refractivity contribution in [2.75, 3.05) is 5.32 Å². The van der Waals surface area contributed by atoms with Gasteiger partial charge in [-0.3, -0.25) is 0 Å². The first-order valence-electron chi connectivity index (χ1n) is 7.15. The maximum absolute atomic E-state index is 3.61. The van der Waals surface area contributed by atoms with Crippen LogP contribution < -0.4 is 5.32 Å². The smallest absolute Gasteiger partial charge is 0.0491 e. The van der Waals surface area contributed by atoms with Crippen LogP contribution in [-0.4, -0.2) is 0 Å². The van der Waals surface area contributed by atoms with Gasteiger partial charge < -0.3 is 5.32 Å². The van der Waals surface area contributed by atoms with E-state index in [1.165, 1.54) is 21.9 Å². The zero-order valence-corrected chi connectivity index (χ0v) is 13.8. The van der Waals surface area contributed by atoms with E-state index in [4.69, 9.17) is 0 Å². The normalized spacial score (nSPS) is 12.3. The molecule has 0 spiro atoms. The van der Waals surface area contributed by atoms with E-state index < -0.39 is 0 Å². The highest BCUT2D eigenvalue weighted by Gasteiger charge is 2.08. The molecule has 1 nitrogen and oxygen atoms in total. The van der Waals surface area contributed by atoms with Crippen LogP contribution in [-0.2, 0) is 0 Å². The zero-order valence-electron chi connectivity index (χ0n) is 12.2. The molecule has 1 unspecified atom stereocenters. The first kappa shape index (κ1) is 14.2. The van der Waals surface area contributed by atoms with Crippen LogP contribution in [0.25, 0.3) is 10.8 Å². The SMILES string of the molecule is Cc1ccc(Br)c(NC(C)c2ccc3ccccc3c2)c1. The fourth-order valence-electron chi connectivity index (χ4n) is 2.54. The Morgan fingerprint density at radius 2 is 1.67 bits per heavy atom. The third kappa shape index (κ3) is 3.11. The Bertz CT molecular complexity index is 779. The number of benzene rings is 3. The molecule has 0 heterocycles. The van der Waals surface area contributed by atoms with Gasteiger partial charge in [-0.2, -0.15) is 0 Å². The summed E-state index contributed by atoms with van der Waals surface area (Å²) in [5.74, 6) is 0. The summed E-state index contributed by atoms with van der Waals surface area (Å²) in [5.41, 5.74) is 3.68. The highest BCUT2D eigenvalue weighted by atomic mass is 79.9. The number of halogens is 1. The number of hydrogen-bond acceptors (Lipinski definition) is 1. The van der Waals surface area contributed by atoms with Crippen molar-refractivity contribution in [1.82, 2.24) is 0 Å². The molecule has 0 aliphatic heterocycles. The van der Waals surface area contributed by atoms with Crippen LogP contribution >= 0.6 is 15.9 Å². The van der Waals surface area contributed by atoms with Gasteiger partial charge in [0.05, 0.1) is 0 Å². The molecule has 0 radical (unpaired) electrons. The van der Waals surface area contributed by atoms with Crippen LogP contribution in [0.15, 0.2) is 65.1 Å². The van der Waals surface area contributed by atoms with Crippen molar-refractivity contribution in [3.63, 3.8) is 0 Å². The minimum atomic E-state index is 0.257. The predicted molar refractivity (Wildman–Crippen MR) is 94.9 cm³/mol.